The summed E-state index contributed by atoms with van der Waals surface area (Å²) < 4.78 is 40.7. The molecule has 0 spiro atoms. The highest BCUT2D eigenvalue weighted by Crippen LogP contribution is 2.38. The summed E-state index contributed by atoms with van der Waals surface area (Å²) in [7, 11) is 1.70. The number of nitrogens with one attached hydrogen (secondary N) is 2. The Kier molecular flexibility index (Phi) is 5.83. The number of carbonyl (C=O) groups excluding carboxylic acids is 1. The van der Waals surface area contributed by atoms with E-state index < -0.39 is 30.8 Å². The molecule has 4 aromatic rings. The lowest BCUT2D eigenvalue weighted by atomic mass is 9.93. The second-order valence-corrected chi connectivity index (χ2v) is 9.99. The molecule has 1 saturated heterocycles. The van der Waals surface area contributed by atoms with Gasteiger partial charge in [0.25, 0.3) is 5.91 Å². The fourth-order valence-electron chi connectivity index (χ4n) is 5.02. The minimum absolute atomic E-state index is 0.0253. The molecule has 1 fully saturated rings. The van der Waals surface area contributed by atoms with Crippen LogP contribution in [0.15, 0.2) is 78.2 Å². The van der Waals surface area contributed by atoms with E-state index in [1.54, 1.807) is 30.1 Å². The van der Waals surface area contributed by atoms with Crippen molar-refractivity contribution in [3.63, 3.8) is 0 Å². The molecular formula is C28H25F3N6O2. The van der Waals surface area contributed by atoms with Crippen molar-refractivity contribution in [2.75, 3.05) is 18.4 Å². The third-order valence-electron chi connectivity index (χ3n) is 7.35. The number of aliphatic imine (C=N–C) groups is 1. The molecule has 0 aliphatic carbocycles. The molecule has 39 heavy (non-hydrogen) atoms. The van der Waals surface area contributed by atoms with Crippen LogP contribution in [-0.2, 0) is 7.05 Å². The molecule has 0 bridgehead atoms. The van der Waals surface area contributed by atoms with Crippen molar-refractivity contribution in [3.05, 3.63) is 84.5 Å². The first-order valence-electron chi connectivity index (χ1n) is 12.4. The number of halogens is 3. The summed E-state index contributed by atoms with van der Waals surface area (Å²) >= 11 is 0. The number of H-pyrrole nitrogens is 1. The zero-order chi connectivity index (χ0) is 27.4. The Labute approximate surface area is 221 Å². The van der Waals surface area contributed by atoms with Gasteiger partial charge in [-0.05, 0) is 41.5 Å². The van der Waals surface area contributed by atoms with E-state index in [1.165, 1.54) is 0 Å². The number of hydrogen-bond acceptors (Lipinski definition) is 5. The van der Waals surface area contributed by atoms with Gasteiger partial charge in [-0.3, -0.25) is 14.9 Å². The van der Waals surface area contributed by atoms with Gasteiger partial charge in [-0.1, -0.05) is 24.3 Å². The maximum atomic E-state index is 13.0. The van der Waals surface area contributed by atoms with Crippen molar-refractivity contribution in [3.8, 4) is 11.1 Å². The molecule has 1 amide bonds. The van der Waals surface area contributed by atoms with Crippen LogP contribution in [0, 0.1) is 0 Å². The van der Waals surface area contributed by atoms with Crippen LogP contribution in [0.1, 0.15) is 22.5 Å². The first-order valence-corrected chi connectivity index (χ1v) is 12.4. The van der Waals surface area contributed by atoms with Gasteiger partial charge in [-0.15, -0.1) is 0 Å². The number of alkyl halides is 3. The van der Waals surface area contributed by atoms with E-state index in [4.69, 9.17) is 0 Å². The number of carbonyl (C=O) groups is 1. The summed E-state index contributed by atoms with van der Waals surface area (Å²) in [6, 6.07) is 15.5. The summed E-state index contributed by atoms with van der Waals surface area (Å²) in [5, 5.41) is 20.8. The molecule has 200 valence electrons. The van der Waals surface area contributed by atoms with Crippen LogP contribution in [0.2, 0.25) is 0 Å². The van der Waals surface area contributed by atoms with Crippen molar-refractivity contribution >= 4 is 28.2 Å². The van der Waals surface area contributed by atoms with Crippen molar-refractivity contribution in [1.29, 1.82) is 0 Å². The number of aromatic amines is 1. The number of rotatable bonds is 5. The van der Waals surface area contributed by atoms with E-state index in [-0.39, 0.29) is 11.7 Å². The molecule has 1 unspecified atom stereocenters. The molecular weight excluding hydrogens is 509 g/mol. The summed E-state index contributed by atoms with van der Waals surface area (Å²) in [6.45, 7) is -1.54. The number of anilines is 1. The first-order chi connectivity index (χ1) is 18.6. The van der Waals surface area contributed by atoms with Gasteiger partial charge in [0, 0.05) is 53.7 Å². The Hall–Kier alpha value is -4.38. The van der Waals surface area contributed by atoms with Crippen LogP contribution >= 0.6 is 0 Å². The summed E-state index contributed by atoms with van der Waals surface area (Å²) in [6.07, 6.45) is 3.26. The number of fused-ring (bicyclic) bond motifs is 1. The normalized spacial score (nSPS) is 18.6. The number of aliphatic hydroxyl groups is 1. The van der Waals surface area contributed by atoms with Gasteiger partial charge in [-0.25, -0.2) is 0 Å². The second kappa shape index (κ2) is 9.12. The molecule has 2 aliphatic rings. The van der Waals surface area contributed by atoms with Crippen molar-refractivity contribution in [2.24, 2.45) is 12.0 Å². The molecule has 0 radical (unpaired) electrons. The molecule has 4 heterocycles. The molecule has 1 atom stereocenters. The standard InChI is InChI=1S/C28H25F3N6O2/c1-36-24-10-18(2-3-19(24)11-25(36)26(38)37-15-27(39,16-37)28(29,30)31)23-12-22(8-9-32-23)35-21-6-4-17(5-7-21)20-13-33-34-14-20/h2-11,13-14,22,35,39H,12,15-16H2,1H3,(H,33,34). The number of hydrogen-bond donors (Lipinski definition) is 3. The number of likely N-dealkylation sites (tertiary alicyclic amines) is 1. The van der Waals surface area contributed by atoms with Crippen LogP contribution in [-0.4, -0.2) is 67.3 Å². The van der Waals surface area contributed by atoms with Gasteiger partial charge in [0.2, 0.25) is 0 Å². The Morgan fingerprint density at radius 1 is 1.10 bits per heavy atom. The number of β-amino-alcohol motifs (C(OH)–C–C–N with tert-alkyl or cyclic N) is 1. The average molecular weight is 535 g/mol. The zero-order valence-corrected chi connectivity index (χ0v) is 20.9. The monoisotopic (exact) mass is 534 g/mol. The lowest BCUT2D eigenvalue weighted by molar-refractivity contribution is -0.294. The van der Waals surface area contributed by atoms with Crippen LogP contribution < -0.4 is 5.32 Å². The van der Waals surface area contributed by atoms with Crippen molar-refractivity contribution in [1.82, 2.24) is 19.7 Å². The van der Waals surface area contributed by atoms with E-state index in [0.717, 1.165) is 43.9 Å². The van der Waals surface area contributed by atoms with E-state index in [2.05, 4.69) is 20.5 Å². The van der Waals surface area contributed by atoms with Crippen molar-refractivity contribution in [2.45, 2.75) is 24.2 Å². The van der Waals surface area contributed by atoms with Gasteiger partial charge in [0.05, 0.1) is 25.3 Å². The Balaban J connectivity index is 1.16. The highest BCUT2D eigenvalue weighted by molar-refractivity contribution is 6.06. The van der Waals surface area contributed by atoms with Gasteiger partial charge < -0.3 is 19.9 Å². The van der Waals surface area contributed by atoms with Gasteiger partial charge in [0.15, 0.2) is 5.60 Å². The topological polar surface area (TPSA) is 98.5 Å². The van der Waals surface area contributed by atoms with Crippen LogP contribution in [0.3, 0.4) is 0 Å². The number of aryl methyl sites for hydroxylation is 1. The SMILES string of the molecule is Cn1c(C(=O)N2CC(O)(C(F)(F)F)C2)cc2ccc(C3=NC=CC(Nc4ccc(-c5cn[nH]c5)cc4)C3)cc21. The first kappa shape index (κ1) is 24.9. The number of aromatic nitrogens is 3. The largest absolute Gasteiger partial charge is 0.420 e. The predicted octanol–water partition coefficient (Wildman–Crippen LogP) is 4.50. The third kappa shape index (κ3) is 4.48. The summed E-state index contributed by atoms with van der Waals surface area (Å²) in [5.41, 5.74) is 3.00. The Bertz CT molecular complexity index is 1600. The average Bonchev–Trinajstić information content (AvgIpc) is 3.55. The molecule has 11 heteroatoms. The fraction of sp³-hybridized carbons (Fsp3) is 0.250. The number of benzene rings is 2. The van der Waals surface area contributed by atoms with Crippen molar-refractivity contribution < 1.29 is 23.1 Å². The third-order valence-corrected chi connectivity index (χ3v) is 7.35. The lowest BCUT2D eigenvalue weighted by Gasteiger charge is -2.46. The molecule has 2 aliphatic heterocycles. The molecule has 2 aromatic carbocycles. The highest BCUT2D eigenvalue weighted by atomic mass is 19.4. The maximum Gasteiger partial charge on any atom is 0.420 e. The molecule has 6 rings (SSSR count). The maximum absolute atomic E-state index is 13.0. The molecule has 8 nitrogen and oxygen atoms in total. The lowest BCUT2D eigenvalue weighted by Crippen LogP contribution is -2.70. The quantitative estimate of drug-likeness (QED) is 0.351. The van der Waals surface area contributed by atoms with E-state index in [1.807, 2.05) is 54.7 Å². The smallest absolute Gasteiger partial charge is 0.378 e. The molecule has 2 aromatic heterocycles. The zero-order valence-electron chi connectivity index (χ0n) is 20.9. The minimum atomic E-state index is -4.77. The second-order valence-electron chi connectivity index (χ2n) is 9.99. The van der Waals surface area contributed by atoms with Crippen LogP contribution in [0.4, 0.5) is 18.9 Å². The predicted molar refractivity (Wildman–Crippen MR) is 142 cm³/mol. The van der Waals surface area contributed by atoms with Gasteiger partial charge >= 0.3 is 6.18 Å². The summed E-state index contributed by atoms with van der Waals surface area (Å²) in [5.74, 6) is -0.551. The van der Waals surface area contributed by atoms with E-state index >= 15 is 0 Å². The van der Waals surface area contributed by atoms with E-state index in [0.29, 0.717) is 6.42 Å². The van der Waals surface area contributed by atoms with Gasteiger partial charge in [-0.2, -0.15) is 18.3 Å². The highest BCUT2D eigenvalue weighted by Gasteiger charge is 2.62. The molecule has 0 saturated carbocycles. The number of amides is 1. The molecule has 3 N–H and O–H groups in total. The van der Waals surface area contributed by atoms with E-state index in [9.17, 15) is 23.1 Å². The van der Waals surface area contributed by atoms with Crippen LogP contribution in [0.5, 0.6) is 0 Å². The Morgan fingerprint density at radius 3 is 2.54 bits per heavy atom. The fourth-order valence-corrected chi connectivity index (χ4v) is 5.02. The number of nitrogens with zero attached hydrogens (tertiary/aromatic N) is 4. The minimum Gasteiger partial charge on any atom is -0.378 e. The van der Waals surface area contributed by atoms with Gasteiger partial charge in [0.1, 0.15) is 5.69 Å². The summed E-state index contributed by atoms with van der Waals surface area (Å²) in [4.78, 5) is 18.5. The Morgan fingerprint density at radius 2 is 1.85 bits per heavy atom. The van der Waals surface area contributed by atoms with Crippen LogP contribution in [0.25, 0.3) is 22.0 Å².